The molecule has 4 atom stereocenters. The first-order valence-electron chi connectivity index (χ1n) is 10.7. The third-order valence-corrected chi connectivity index (χ3v) is 7.16. The summed E-state index contributed by atoms with van der Waals surface area (Å²) >= 11 is 0. The molecule has 4 nitrogen and oxygen atoms in total. The van der Waals surface area contributed by atoms with E-state index in [-0.39, 0.29) is 11.9 Å². The van der Waals surface area contributed by atoms with Crippen LogP contribution in [0.15, 0.2) is 42.5 Å². The fourth-order valence-corrected chi connectivity index (χ4v) is 5.57. The van der Waals surface area contributed by atoms with Crippen molar-refractivity contribution in [2.75, 3.05) is 6.54 Å². The standard InChI is InChI=1S/C24H29N3O/c1-16-12-22(25-26(16)2)24(28)27(15-20-14-17-10-11-19(20)13-17)23-9-5-7-18-6-3-4-8-21(18)23/h3-4,6,8,10-12,17,19-20,23H,5,7,9,13-15H2,1-2H3/t17-,19+,20-,23-/m1/s1. The second-order valence-corrected chi connectivity index (χ2v) is 8.90. The average Bonchev–Trinajstić information content (AvgIpc) is 3.42. The molecule has 1 aromatic heterocycles. The molecule has 1 heterocycles. The van der Waals surface area contributed by atoms with Gasteiger partial charge in [0.2, 0.25) is 0 Å². The Morgan fingerprint density at radius 2 is 2.11 bits per heavy atom. The number of allylic oxidation sites excluding steroid dienone is 2. The number of aryl methyl sites for hydroxylation is 3. The number of aromatic nitrogens is 2. The van der Waals surface area contributed by atoms with Crippen molar-refractivity contribution in [1.82, 2.24) is 14.7 Å². The zero-order valence-corrected chi connectivity index (χ0v) is 16.8. The number of hydrogen-bond acceptors (Lipinski definition) is 2. The Balaban J connectivity index is 1.49. The molecular formula is C24H29N3O. The van der Waals surface area contributed by atoms with Crippen molar-refractivity contribution in [2.45, 2.75) is 45.1 Å². The highest BCUT2D eigenvalue weighted by atomic mass is 16.2. The van der Waals surface area contributed by atoms with Crippen LogP contribution < -0.4 is 0 Å². The molecule has 0 spiro atoms. The van der Waals surface area contributed by atoms with Crippen LogP contribution in [0.1, 0.15) is 59.0 Å². The minimum atomic E-state index is 0.0946. The van der Waals surface area contributed by atoms with Crippen molar-refractivity contribution in [2.24, 2.45) is 24.8 Å². The molecule has 1 aromatic carbocycles. The van der Waals surface area contributed by atoms with Gasteiger partial charge in [0.25, 0.3) is 5.91 Å². The first kappa shape index (κ1) is 17.7. The molecule has 1 amide bonds. The topological polar surface area (TPSA) is 38.1 Å². The summed E-state index contributed by atoms with van der Waals surface area (Å²) in [4.78, 5) is 15.8. The monoisotopic (exact) mass is 375 g/mol. The third-order valence-electron chi connectivity index (χ3n) is 7.16. The number of amides is 1. The van der Waals surface area contributed by atoms with Gasteiger partial charge in [-0.2, -0.15) is 5.10 Å². The highest BCUT2D eigenvalue weighted by Crippen LogP contribution is 2.45. The molecule has 28 heavy (non-hydrogen) atoms. The van der Waals surface area contributed by atoms with Gasteiger partial charge in [0.1, 0.15) is 0 Å². The van der Waals surface area contributed by atoms with Crippen LogP contribution in [0.2, 0.25) is 0 Å². The maximum absolute atomic E-state index is 13.6. The van der Waals surface area contributed by atoms with Crippen molar-refractivity contribution in [3.05, 3.63) is 65.0 Å². The predicted molar refractivity (Wildman–Crippen MR) is 110 cm³/mol. The Morgan fingerprint density at radius 3 is 2.82 bits per heavy atom. The van der Waals surface area contributed by atoms with E-state index in [2.05, 4.69) is 46.4 Å². The minimum Gasteiger partial charge on any atom is -0.330 e. The van der Waals surface area contributed by atoms with Crippen LogP contribution in [0, 0.1) is 24.7 Å². The summed E-state index contributed by atoms with van der Waals surface area (Å²) in [5.41, 5.74) is 4.35. The maximum atomic E-state index is 13.6. The van der Waals surface area contributed by atoms with Crippen molar-refractivity contribution >= 4 is 5.91 Å². The normalized spacial score (nSPS) is 27.8. The number of hydrogen-bond donors (Lipinski definition) is 0. The number of carbonyl (C=O) groups excluding carboxylic acids is 1. The van der Waals surface area contributed by atoms with Crippen molar-refractivity contribution < 1.29 is 4.79 Å². The van der Waals surface area contributed by atoms with Gasteiger partial charge in [-0.25, -0.2) is 0 Å². The smallest absolute Gasteiger partial charge is 0.274 e. The third kappa shape index (κ3) is 2.99. The van der Waals surface area contributed by atoms with Crippen LogP contribution in [0.4, 0.5) is 0 Å². The van der Waals surface area contributed by atoms with E-state index in [1.165, 1.54) is 24.0 Å². The molecule has 146 valence electrons. The summed E-state index contributed by atoms with van der Waals surface area (Å²) < 4.78 is 1.81. The van der Waals surface area contributed by atoms with Crippen LogP contribution >= 0.6 is 0 Å². The van der Waals surface area contributed by atoms with E-state index in [9.17, 15) is 4.79 Å². The Morgan fingerprint density at radius 1 is 1.25 bits per heavy atom. The van der Waals surface area contributed by atoms with E-state index in [4.69, 9.17) is 0 Å². The summed E-state index contributed by atoms with van der Waals surface area (Å²) in [5.74, 6) is 2.04. The molecule has 5 rings (SSSR count). The van der Waals surface area contributed by atoms with E-state index in [0.29, 0.717) is 17.5 Å². The van der Waals surface area contributed by atoms with Crippen molar-refractivity contribution in [3.63, 3.8) is 0 Å². The molecule has 1 saturated carbocycles. The Kier molecular flexibility index (Phi) is 4.37. The molecular weight excluding hydrogens is 346 g/mol. The van der Waals surface area contributed by atoms with Crippen LogP contribution in [-0.4, -0.2) is 27.1 Å². The second-order valence-electron chi connectivity index (χ2n) is 8.90. The van der Waals surface area contributed by atoms with Gasteiger partial charge in [0.15, 0.2) is 5.69 Å². The molecule has 4 heteroatoms. The van der Waals surface area contributed by atoms with Crippen LogP contribution in [-0.2, 0) is 13.5 Å². The van der Waals surface area contributed by atoms with E-state index in [1.807, 2.05) is 20.0 Å². The quantitative estimate of drug-likeness (QED) is 0.740. The fourth-order valence-electron chi connectivity index (χ4n) is 5.57. The lowest BCUT2D eigenvalue weighted by atomic mass is 9.85. The minimum absolute atomic E-state index is 0.0946. The fraction of sp³-hybridized carbons (Fsp3) is 0.500. The van der Waals surface area contributed by atoms with Gasteiger partial charge in [0, 0.05) is 19.3 Å². The van der Waals surface area contributed by atoms with Crippen molar-refractivity contribution in [3.8, 4) is 0 Å². The number of rotatable bonds is 4. The van der Waals surface area contributed by atoms with Gasteiger partial charge in [-0.15, -0.1) is 0 Å². The van der Waals surface area contributed by atoms with E-state index in [0.717, 1.165) is 37.4 Å². The zero-order chi connectivity index (χ0) is 19.3. The lowest BCUT2D eigenvalue weighted by molar-refractivity contribution is 0.0597. The largest absolute Gasteiger partial charge is 0.330 e. The predicted octanol–water partition coefficient (Wildman–Crippen LogP) is 4.46. The molecule has 0 saturated heterocycles. The molecule has 2 bridgehead atoms. The molecule has 1 fully saturated rings. The summed E-state index contributed by atoms with van der Waals surface area (Å²) in [7, 11) is 1.91. The summed E-state index contributed by atoms with van der Waals surface area (Å²) in [6, 6.07) is 10.8. The molecule has 0 unspecified atom stereocenters. The highest BCUT2D eigenvalue weighted by Gasteiger charge is 2.40. The van der Waals surface area contributed by atoms with Gasteiger partial charge in [-0.3, -0.25) is 9.48 Å². The summed E-state index contributed by atoms with van der Waals surface area (Å²) in [6.45, 7) is 2.85. The number of fused-ring (bicyclic) bond motifs is 3. The zero-order valence-electron chi connectivity index (χ0n) is 16.8. The van der Waals surface area contributed by atoms with Crippen LogP contribution in [0.25, 0.3) is 0 Å². The second kappa shape index (κ2) is 6.91. The number of carbonyl (C=O) groups is 1. The molecule has 0 radical (unpaired) electrons. The molecule has 2 aromatic rings. The van der Waals surface area contributed by atoms with E-state index in [1.54, 1.807) is 4.68 Å². The lowest BCUT2D eigenvalue weighted by Crippen LogP contribution is -2.41. The summed E-state index contributed by atoms with van der Waals surface area (Å²) in [6.07, 6.45) is 10.6. The van der Waals surface area contributed by atoms with Gasteiger partial charge in [-0.05, 0) is 74.0 Å². The molecule has 3 aliphatic carbocycles. The molecule has 0 N–H and O–H groups in total. The van der Waals surface area contributed by atoms with Crippen molar-refractivity contribution in [1.29, 1.82) is 0 Å². The van der Waals surface area contributed by atoms with Crippen LogP contribution in [0.3, 0.4) is 0 Å². The van der Waals surface area contributed by atoms with Gasteiger partial charge < -0.3 is 4.90 Å². The first-order chi connectivity index (χ1) is 13.6. The highest BCUT2D eigenvalue weighted by molar-refractivity contribution is 5.92. The van der Waals surface area contributed by atoms with E-state index < -0.39 is 0 Å². The lowest BCUT2D eigenvalue weighted by Gasteiger charge is -2.38. The Bertz CT molecular complexity index is 908. The van der Waals surface area contributed by atoms with E-state index >= 15 is 0 Å². The SMILES string of the molecule is Cc1cc(C(=O)N(C[C@H]2C[C@@H]3C=C[C@H]2C3)[C@@H]2CCCc3ccccc32)nn1C. The average molecular weight is 376 g/mol. The Hall–Kier alpha value is -2.36. The van der Waals surface area contributed by atoms with Crippen LogP contribution in [0.5, 0.6) is 0 Å². The van der Waals surface area contributed by atoms with Gasteiger partial charge >= 0.3 is 0 Å². The van der Waals surface area contributed by atoms with Gasteiger partial charge in [0.05, 0.1) is 6.04 Å². The molecule has 0 aliphatic heterocycles. The van der Waals surface area contributed by atoms with Gasteiger partial charge in [-0.1, -0.05) is 36.4 Å². The molecule has 3 aliphatic rings. The Labute approximate surface area is 167 Å². The summed E-state index contributed by atoms with van der Waals surface area (Å²) in [5, 5.41) is 4.52. The first-order valence-corrected chi connectivity index (χ1v) is 10.7. The maximum Gasteiger partial charge on any atom is 0.274 e. The number of benzene rings is 1. The number of nitrogens with zero attached hydrogens (tertiary/aromatic N) is 3.